The van der Waals surface area contributed by atoms with Crippen molar-refractivity contribution in [1.82, 2.24) is 10.1 Å². The second kappa shape index (κ2) is 5.59. The Morgan fingerprint density at radius 2 is 2.11 bits per heavy atom. The maximum Gasteiger partial charge on any atom is 0.223 e. The molecule has 18 heavy (non-hydrogen) atoms. The van der Waals surface area contributed by atoms with Crippen LogP contribution in [0.3, 0.4) is 0 Å². The Balaban J connectivity index is 1.85. The molecule has 0 aliphatic carbocycles. The van der Waals surface area contributed by atoms with Crippen molar-refractivity contribution in [3.8, 4) is 0 Å². The van der Waals surface area contributed by atoms with Crippen molar-refractivity contribution in [1.29, 1.82) is 0 Å². The van der Waals surface area contributed by atoms with Gasteiger partial charge in [-0.2, -0.15) is 4.98 Å². The Morgan fingerprint density at radius 3 is 2.67 bits per heavy atom. The summed E-state index contributed by atoms with van der Waals surface area (Å²) in [6.07, 6.45) is 0.717. The van der Waals surface area contributed by atoms with Crippen LogP contribution in [0.2, 0.25) is 0 Å². The SMILES string of the molecule is Cc1nc(CCNc2ccc(C(N)=S)cc2)no1. The van der Waals surface area contributed by atoms with Gasteiger partial charge in [0.2, 0.25) is 5.89 Å². The van der Waals surface area contributed by atoms with Gasteiger partial charge in [0.15, 0.2) is 5.82 Å². The number of nitrogens with two attached hydrogens (primary N) is 1. The van der Waals surface area contributed by atoms with Crippen molar-refractivity contribution in [3.63, 3.8) is 0 Å². The number of thiocarbonyl (C=S) groups is 1. The van der Waals surface area contributed by atoms with Crippen LogP contribution in [-0.2, 0) is 6.42 Å². The van der Waals surface area contributed by atoms with Gasteiger partial charge in [0.25, 0.3) is 0 Å². The van der Waals surface area contributed by atoms with Crippen LogP contribution in [0.25, 0.3) is 0 Å². The Bertz CT molecular complexity index is 535. The van der Waals surface area contributed by atoms with Crippen molar-refractivity contribution >= 4 is 22.9 Å². The molecular weight excluding hydrogens is 248 g/mol. The van der Waals surface area contributed by atoms with Gasteiger partial charge >= 0.3 is 0 Å². The van der Waals surface area contributed by atoms with E-state index in [4.69, 9.17) is 22.5 Å². The van der Waals surface area contributed by atoms with Crippen LogP contribution >= 0.6 is 12.2 Å². The zero-order chi connectivity index (χ0) is 13.0. The maximum absolute atomic E-state index is 5.53. The van der Waals surface area contributed by atoms with Crippen molar-refractivity contribution < 1.29 is 4.52 Å². The van der Waals surface area contributed by atoms with Gasteiger partial charge in [0.05, 0.1) is 0 Å². The molecule has 0 unspecified atom stereocenters. The fourth-order valence-electron chi connectivity index (χ4n) is 1.51. The average molecular weight is 262 g/mol. The van der Waals surface area contributed by atoms with Crippen molar-refractivity contribution in [2.75, 3.05) is 11.9 Å². The molecule has 5 nitrogen and oxygen atoms in total. The van der Waals surface area contributed by atoms with E-state index in [9.17, 15) is 0 Å². The molecule has 0 radical (unpaired) electrons. The zero-order valence-corrected chi connectivity index (χ0v) is 10.8. The third-order valence-corrected chi connectivity index (χ3v) is 2.65. The van der Waals surface area contributed by atoms with Crippen LogP contribution in [-0.4, -0.2) is 21.7 Å². The number of anilines is 1. The molecule has 0 spiro atoms. The molecule has 0 saturated heterocycles. The molecule has 2 aromatic rings. The number of benzene rings is 1. The molecule has 3 N–H and O–H groups in total. The average Bonchev–Trinajstić information content (AvgIpc) is 2.76. The molecule has 0 saturated carbocycles. The van der Waals surface area contributed by atoms with Crippen LogP contribution in [0.1, 0.15) is 17.3 Å². The minimum absolute atomic E-state index is 0.406. The van der Waals surface area contributed by atoms with Gasteiger partial charge in [0, 0.05) is 31.1 Å². The molecule has 2 rings (SSSR count). The minimum atomic E-state index is 0.406. The normalized spacial score (nSPS) is 10.3. The van der Waals surface area contributed by atoms with Gasteiger partial charge in [-0.15, -0.1) is 0 Å². The third-order valence-electron chi connectivity index (χ3n) is 2.42. The lowest BCUT2D eigenvalue weighted by Crippen LogP contribution is -2.10. The van der Waals surface area contributed by atoms with E-state index in [1.165, 1.54) is 0 Å². The molecule has 0 amide bonds. The van der Waals surface area contributed by atoms with E-state index in [1.54, 1.807) is 6.92 Å². The molecular formula is C12H14N4OS. The summed E-state index contributed by atoms with van der Waals surface area (Å²) in [5.74, 6) is 1.30. The molecule has 94 valence electrons. The fourth-order valence-corrected chi connectivity index (χ4v) is 1.65. The number of nitrogens with one attached hydrogen (secondary N) is 1. The largest absolute Gasteiger partial charge is 0.389 e. The molecule has 0 bridgehead atoms. The maximum atomic E-state index is 5.53. The number of aryl methyl sites for hydroxylation is 1. The first kappa shape index (κ1) is 12.5. The van der Waals surface area contributed by atoms with Crippen molar-refractivity contribution in [2.45, 2.75) is 13.3 Å². The lowest BCUT2D eigenvalue weighted by molar-refractivity contribution is 0.387. The summed E-state index contributed by atoms with van der Waals surface area (Å²) in [6, 6.07) is 7.66. The van der Waals surface area contributed by atoms with E-state index in [1.807, 2.05) is 24.3 Å². The molecule has 0 atom stereocenters. The predicted octanol–water partition coefficient (Wildman–Crippen LogP) is 1.67. The zero-order valence-electron chi connectivity index (χ0n) is 10.0. The highest BCUT2D eigenvalue weighted by Gasteiger charge is 2.01. The van der Waals surface area contributed by atoms with Crippen molar-refractivity contribution in [3.05, 3.63) is 41.5 Å². The number of hydrogen-bond donors (Lipinski definition) is 2. The number of aromatic nitrogens is 2. The summed E-state index contributed by atoms with van der Waals surface area (Å²) in [5.41, 5.74) is 7.40. The lowest BCUT2D eigenvalue weighted by atomic mass is 10.2. The van der Waals surface area contributed by atoms with Crippen LogP contribution in [0.4, 0.5) is 5.69 Å². The van der Waals surface area contributed by atoms with Gasteiger partial charge in [-0.25, -0.2) is 0 Å². The van der Waals surface area contributed by atoms with E-state index in [0.29, 0.717) is 23.1 Å². The Hall–Kier alpha value is -1.95. The van der Waals surface area contributed by atoms with E-state index in [0.717, 1.165) is 17.8 Å². The summed E-state index contributed by atoms with van der Waals surface area (Å²) in [7, 11) is 0. The second-order valence-electron chi connectivity index (χ2n) is 3.85. The molecule has 0 aliphatic rings. The van der Waals surface area contributed by atoms with Gasteiger partial charge in [-0.05, 0) is 24.3 Å². The quantitative estimate of drug-likeness (QED) is 0.798. The van der Waals surface area contributed by atoms with E-state index < -0.39 is 0 Å². The van der Waals surface area contributed by atoms with Gasteiger partial charge in [-0.3, -0.25) is 0 Å². The highest BCUT2D eigenvalue weighted by atomic mass is 32.1. The number of rotatable bonds is 5. The van der Waals surface area contributed by atoms with Crippen LogP contribution < -0.4 is 11.1 Å². The summed E-state index contributed by atoms with van der Waals surface area (Å²) < 4.78 is 4.89. The lowest BCUT2D eigenvalue weighted by Gasteiger charge is -2.05. The highest BCUT2D eigenvalue weighted by molar-refractivity contribution is 7.80. The Kier molecular flexibility index (Phi) is 3.88. The van der Waals surface area contributed by atoms with E-state index in [2.05, 4.69) is 15.5 Å². The first-order chi connectivity index (χ1) is 8.65. The summed E-state index contributed by atoms with van der Waals surface area (Å²) >= 11 is 4.89. The third kappa shape index (κ3) is 3.27. The number of hydrogen-bond acceptors (Lipinski definition) is 5. The van der Waals surface area contributed by atoms with Crippen LogP contribution in [0.15, 0.2) is 28.8 Å². The van der Waals surface area contributed by atoms with Crippen LogP contribution in [0.5, 0.6) is 0 Å². The summed E-state index contributed by atoms with van der Waals surface area (Å²) in [4.78, 5) is 4.53. The van der Waals surface area contributed by atoms with Crippen LogP contribution in [0, 0.1) is 6.92 Å². The Morgan fingerprint density at radius 1 is 1.39 bits per heavy atom. The molecule has 1 aromatic carbocycles. The van der Waals surface area contributed by atoms with Crippen molar-refractivity contribution in [2.24, 2.45) is 5.73 Å². The molecule has 1 heterocycles. The minimum Gasteiger partial charge on any atom is -0.389 e. The van der Waals surface area contributed by atoms with Gasteiger partial charge in [-0.1, -0.05) is 17.4 Å². The predicted molar refractivity (Wildman–Crippen MR) is 73.6 cm³/mol. The monoisotopic (exact) mass is 262 g/mol. The molecule has 0 aliphatic heterocycles. The summed E-state index contributed by atoms with van der Waals surface area (Å²) in [5, 5.41) is 7.09. The summed E-state index contributed by atoms with van der Waals surface area (Å²) in [6.45, 7) is 2.52. The highest BCUT2D eigenvalue weighted by Crippen LogP contribution is 2.09. The first-order valence-corrected chi connectivity index (χ1v) is 5.99. The molecule has 0 fully saturated rings. The van der Waals surface area contributed by atoms with Gasteiger partial charge < -0.3 is 15.6 Å². The van der Waals surface area contributed by atoms with Gasteiger partial charge in [0.1, 0.15) is 4.99 Å². The number of nitrogens with zero attached hydrogens (tertiary/aromatic N) is 2. The molecule has 1 aromatic heterocycles. The second-order valence-corrected chi connectivity index (χ2v) is 4.29. The van der Waals surface area contributed by atoms with E-state index >= 15 is 0 Å². The smallest absolute Gasteiger partial charge is 0.223 e. The Labute approximate surface area is 110 Å². The fraction of sp³-hybridized carbons (Fsp3) is 0.250. The first-order valence-electron chi connectivity index (χ1n) is 5.58. The standard InChI is InChI=1S/C12H14N4OS/c1-8-15-11(16-17-8)6-7-14-10-4-2-9(3-5-10)12(13)18/h2-5,14H,6-7H2,1H3,(H2,13,18). The topological polar surface area (TPSA) is 77.0 Å². The van der Waals surface area contributed by atoms with E-state index in [-0.39, 0.29) is 0 Å². The molecule has 6 heteroatoms.